The van der Waals surface area contributed by atoms with Crippen molar-refractivity contribution in [3.8, 4) is 11.1 Å². The van der Waals surface area contributed by atoms with Gasteiger partial charge in [0.2, 0.25) is 0 Å². The summed E-state index contributed by atoms with van der Waals surface area (Å²) in [6.45, 7) is 4.92. The first kappa shape index (κ1) is 15.6. The van der Waals surface area contributed by atoms with Gasteiger partial charge in [-0.3, -0.25) is 0 Å². The van der Waals surface area contributed by atoms with Crippen LogP contribution in [0.5, 0.6) is 0 Å². The van der Waals surface area contributed by atoms with Crippen LogP contribution in [-0.2, 0) is 6.54 Å². The predicted molar refractivity (Wildman–Crippen MR) is 78.5 cm³/mol. The highest BCUT2D eigenvalue weighted by molar-refractivity contribution is 5.65. The zero-order chi connectivity index (χ0) is 15.4. The topological polar surface area (TPSA) is 12.0 Å². The van der Waals surface area contributed by atoms with Crippen LogP contribution < -0.4 is 5.32 Å². The summed E-state index contributed by atoms with van der Waals surface area (Å²) in [6, 6.07) is 6.69. The zero-order valence-corrected chi connectivity index (χ0v) is 12.1. The van der Waals surface area contributed by atoms with E-state index in [1.54, 1.807) is 6.07 Å². The molecule has 0 bridgehead atoms. The van der Waals surface area contributed by atoms with E-state index in [1.807, 2.05) is 6.92 Å². The van der Waals surface area contributed by atoms with Gasteiger partial charge in [-0.1, -0.05) is 19.1 Å². The fourth-order valence-electron chi connectivity index (χ4n) is 2.15. The summed E-state index contributed by atoms with van der Waals surface area (Å²) in [7, 11) is 0. The van der Waals surface area contributed by atoms with E-state index in [2.05, 4.69) is 5.32 Å². The first-order valence-electron chi connectivity index (χ1n) is 6.98. The fourth-order valence-corrected chi connectivity index (χ4v) is 2.15. The Morgan fingerprint density at radius 2 is 1.62 bits per heavy atom. The minimum Gasteiger partial charge on any atom is -0.313 e. The Morgan fingerprint density at radius 3 is 2.29 bits per heavy atom. The van der Waals surface area contributed by atoms with Crippen molar-refractivity contribution in [3.63, 3.8) is 0 Å². The summed E-state index contributed by atoms with van der Waals surface area (Å²) in [5, 5.41) is 3.17. The van der Waals surface area contributed by atoms with Crippen molar-refractivity contribution in [2.24, 2.45) is 0 Å². The van der Waals surface area contributed by atoms with Crippen LogP contribution in [0.3, 0.4) is 0 Å². The third-order valence-electron chi connectivity index (χ3n) is 3.33. The van der Waals surface area contributed by atoms with Crippen LogP contribution in [0.4, 0.5) is 13.2 Å². The lowest BCUT2D eigenvalue weighted by atomic mass is 10.0. The number of rotatable bonds is 5. The van der Waals surface area contributed by atoms with Gasteiger partial charge in [0, 0.05) is 17.7 Å². The molecular weight excluding hydrogens is 275 g/mol. The number of aryl methyl sites for hydroxylation is 1. The first-order chi connectivity index (χ1) is 10.0. The molecule has 0 atom stereocenters. The Bertz CT molecular complexity index is 638. The molecule has 0 aliphatic carbocycles. The van der Waals surface area contributed by atoms with Crippen molar-refractivity contribution in [2.75, 3.05) is 6.54 Å². The molecule has 0 unspecified atom stereocenters. The van der Waals surface area contributed by atoms with E-state index in [1.165, 1.54) is 19.1 Å². The third-order valence-corrected chi connectivity index (χ3v) is 3.33. The van der Waals surface area contributed by atoms with Crippen LogP contribution in [0.25, 0.3) is 11.1 Å². The predicted octanol–water partition coefficient (Wildman–Crippen LogP) is 4.58. The lowest BCUT2D eigenvalue weighted by Gasteiger charge is -2.09. The highest BCUT2D eigenvalue weighted by Gasteiger charge is 2.13. The summed E-state index contributed by atoms with van der Waals surface area (Å²) < 4.78 is 41.6. The van der Waals surface area contributed by atoms with Gasteiger partial charge in [-0.15, -0.1) is 0 Å². The van der Waals surface area contributed by atoms with E-state index in [4.69, 9.17) is 0 Å². The Balaban J connectivity index is 2.31. The zero-order valence-electron chi connectivity index (χ0n) is 12.1. The van der Waals surface area contributed by atoms with Crippen LogP contribution in [0.1, 0.15) is 24.5 Å². The van der Waals surface area contributed by atoms with E-state index in [-0.39, 0.29) is 16.7 Å². The Hall–Kier alpha value is -1.81. The normalized spacial score (nSPS) is 10.9. The van der Waals surface area contributed by atoms with Crippen molar-refractivity contribution in [1.82, 2.24) is 5.32 Å². The van der Waals surface area contributed by atoms with Gasteiger partial charge in [0.1, 0.15) is 17.5 Å². The molecule has 0 amide bonds. The van der Waals surface area contributed by atoms with Crippen molar-refractivity contribution in [3.05, 3.63) is 58.9 Å². The van der Waals surface area contributed by atoms with Gasteiger partial charge in [0.25, 0.3) is 0 Å². The number of hydrogen-bond donors (Lipinski definition) is 1. The highest BCUT2D eigenvalue weighted by atomic mass is 19.1. The van der Waals surface area contributed by atoms with Crippen LogP contribution in [-0.4, -0.2) is 6.54 Å². The van der Waals surface area contributed by atoms with Gasteiger partial charge in [-0.25, -0.2) is 13.2 Å². The lowest BCUT2D eigenvalue weighted by molar-refractivity contribution is 0.590. The molecule has 0 aliphatic rings. The van der Waals surface area contributed by atoms with E-state index >= 15 is 0 Å². The number of benzene rings is 2. The highest BCUT2D eigenvalue weighted by Crippen LogP contribution is 2.28. The van der Waals surface area contributed by atoms with Crippen molar-refractivity contribution in [1.29, 1.82) is 0 Å². The van der Waals surface area contributed by atoms with Crippen LogP contribution >= 0.6 is 0 Å². The van der Waals surface area contributed by atoms with Gasteiger partial charge in [0.05, 0.1) is 0 Å². The van der Waals surface area contributed by atoms with E-state index in [0.29, 0.717) is 6.54 Å². The molecule has 1 N–H and O–H groups in total. The molecule has 4 heteroatoms. The van der Waals surface area contributed by atoms with E-state index < -0.39 is 17.5 Å². The molecule has 0 aliphatic heterocycles. The number of hydrogen-bond acceptors (Lipinski definition) is 1. The standard InChI is InChI=1S/C17H18F3N/c1-3-6-21-10-12-4-5-13(17(20)8-12)14-9-15(18)11(2)7-16(14)19/h4-5,7-9,21H,3,6,10H2,1-2H3. The molecule has 2 aromatic carbocycles. The van der Waals surface area contributed by atoms with Crippen molar-refractivity contribution < 1.29 is 13.2 Å². The van der Waals surface area contributed by atoms with E-state index in [0.717, 1.165) is 30.7 Å². The molecule has 0 saturated carbocycles. The monoisotopic (exact) mass is 293 g/mol. The summed E-state index contributed by atoms with van der Waals surface area (Å²) in [6.07, 6.45) is 0.994. The summed E-state index contributed by atoms with van der Waals surface area (Å²) >= 11 is 0. The molecule has 0 heterocycles. The maximum atomic E-state index is 14.1. The molecule has 0 saturated heterocycles. The first-order valence-corrected chi connectivity index (χ1v) is 6.98. The van der Waals surface area contributed by atoms with Gasteiger partial charge < -0.3 is 5.32 Å². The number of nitrogens with one attached hydrogen (secondary N) is 1. The summed E-state index contributed by atoms with van der Waals surface area (Å²) in [5.74, 6) is -1.71. The van der Waals surface area contributed by atoms with Crippen LogP contribution in [0, 0.1) is 24.4 Å². The minimum absolute atomic E-state index is 0.0522. The van der Waals surface area contributed by atoms with Crippen molar-refractivity contribution >= 4 is 0 Å². The average molecular weight is 293 g/mol. The largest absolute Gasteiger partial charge is 0.313 e. The number of halogens is 3. The molecule has 2 rings (SSSR count). The molecule has 21 heavy (non-hydrogen) atoms. The second kappa shape index (κ2) is 6.76. The van der Waals surface area contributed by atoms with Gasteiger partial charge in [-0.2, -0.15) is 0 Å². The minimum atomic E-state index is -0.621. The van der Waals surface area contributed by atoms with Crippen molar-refractivity contribution in [2.45, 2.75) is 26.8 Å². The average Bonchev–Trinajstić information content (AvgIpc) is 2.44. The Morgan fingerprint density at radius 1 is 0.905 bits per heavy atom. The maximum Gasteiger partial charge on any atom is 0.131 e. The molecule has 0 fully saturated rings. The van der Waals surface area contributed by atoms with Gasteiger partial charge in [0.15, 0.2) is 0 Å². The summed E-state index contributed by atoms with van der Waals surface area (Å²) in [5.41, 5.74) is 1.00. The molecule has 0 radical (unpaired) electrons. The molecule has 112 valence electrons. The molecule has 0 aromatic heterocycles. The van der Waals surface area contributed by atoms with E-state index in [9.17, 15) is 13.2 Å². The molecule has 2 aromatic rings. The molecular formula is C17H18F3N. The Kier molecular flexibility index (Phi) is 5.02. The van der Waals surface area contributed by atoms with Crippen LogP contribution in [0.15, 0.2) is 30.3 Å². The smallest absolute Gasteiger partial charge is 0.131 e. The SMILES string of the molecule is CCCNCc1ccc(-c2cc(F)c(C)cc2F)c(F)c1. The lowest BCUT2D eigenvalue weighted by Crippen LogP contribution is -2.13. The Labute approximate surface area is 122 Å². The van der Waals surface area contributed by atoms with Crippen LogP contribution in [0.2, 0.25) is 0 Å². The maximum absolute atomic E-state index is 14.1. The molecule has 0 spiro atoms. The second-order valence-electron chi connectivity index (χ2n) is 5.07. The summed E-state index contributed by atoms with van der Waals surface area (Å²) in [4.78, 5) is 0. The quantitative estimate of drug-likeness (QED) is 0.796. The van der Waals surface area contributed by atoms with Gasteiger partial charge in [-0.05, 0) is 49.2 Å². The second-order valence-corrected chi connectivity index (χ2v) is 5.07. The van der Waals surface area contributed by atoms with Gasteiger partial charge >= 0.3 is 0 Å². The fraction of sp³-hybridized carbons (Fsp3) is 0.294. The third kappa shape index (κ3) is 3.64. The molecule has 1 nitrogen and oxygen atoms in total.